The van der Waals surface area contributed by atoms with Crippen LogP contribution in [-0.2, 0) is 7.05 Å². The highest BCUT2D eigenvalue weighted by molar-refractivity contribution is 9.10. The molecule has 0 saturated heterocycles. The number of nitrogens with zero attached hydrogens (tertiary/aromatic N) is 2. The van der Waals surface area contributed by atoms with Crippen molar-refractivity contribution in [1.82, 2.24) is 15.1 Å². The Morgan fingerprint density at radius 1 is 1.10 bits per heavy atom. The third kappa shape index (κ3) is 2.37. The van der Waals surface area contributed by atoms with Crippen LogP contribution >= 0.6 is 15.9 Å². The van der Waals surface area contributed by atoms with Crippen LogP contribution in [0.25, 0.3) is 10.8 Å². The number of aryl methyl sites for hydroxylation is 1. The van der Waals surface area contributed by atoms with E-state index in [4.69, 9.17) is 0 Å². The highest BCUT2D eigenvalue weighted by Crippen LogP contribution is 2.26. The zero-order valence-electron chi connectivity index (χ0n) is 11.5. The van der Waals surface area contributed by atoms with Gasteiger partial charge in [-0.1, -0.05) is 34.1 Å². The second kappa shape index (κ2) is 5.38. The summed E-state index contributed by atoms with van der Waals surface area (Å²) < 4.78 is 3.02. The van der Waals surface area contributed by atoms with Gasteiger partial charge < -0.3 is 5.32 Å². The Labute approximate surface area is 126 Å². The lowest BCUT2D eigenvalue weighted by molar-refractivity contribution is 0.606. The Morgan fingerprint density at radius 2 is 1.85 bits per heavy atom. The predicted octanol–water partition coefficient (Wildman–Crippen LogP) is 3.64. The Balaban J connectivity index is 2.08. The standard InChI is InChI=1S/C16H16BrN3/c1-18-16(15-7-8-19-20(15)2)13-4-3-12-10-14(17)6-5-11(12)9-13/h3-10,16,18H,1-2H3. The lowest BCUT2D eigenvalue weighted by atomic mass is 10.00. The number of hydrogen-bond acceptors (Lipinski definition) is 2. The molecular weight excluding hydrogens is 314 g/mol. The van der Waals surface area contributed by atoms with Crippen molar-refractivity contribution in [3.05, 3.63) is 64.4 Å². The van der Waals surface area contributed by atoms with Crippen LogP contribution in [0.1, 0.15) is 17.3 Å². The quantitative estimate of drug-likeness (QED) is 0.794. The van der Waals surface area contributed by atoms with Crippen LogP contribution < -0.4 is 5.32 Å². The fraction of sp³-hybridized carbons (Fsp3) is 0.188. The maximum Gasteiger partial charge on any atom is 0.0745 e. The van der Waals surface area contributed by atoms with Crippen LogP contribution in [0.2, 0.25) is 0 Å². The minimum Gasteiger partial charge on any atom is -0.308 e. The van der Waals surface area contributed by atoms with Gasteiger partial charge in [-0.2, -0.15) is 5.10 Å². The maximum absolute atomic E-state index is 4.26. The van der Waals surface area contributed by atoms with Gasteiger partial charge in [-0.05, 0) is 47.6 Å². The van der Waals surface area contributed by atoms with Crippen molar-refractivity contribution in [1.29, 1.82) is 0 Å². The van der Waals surface area contributed by atoms with Crippen molar-refractivity contribution >= 4 is 26.7 Å². The van der Waals surface area contributed by atoms with Crippen LogP contribution in [-0.4, -0.2) is 16.8 Å². The van der Waals surface area contributed by atoms with Gasteiger partial charge in [0.1, 0.15) is 0 Å². The van der Waals surface area contributed by atoms with E-state index in [2.05, 4.69) is 62.7 Å². The van der Waals surface area contributed by atoms with Crippen molar-refractivity contribution in [2.75, 3.05) is 7.05 Å². The molecule has 0 spiro atoms. The summed E-state index contributed by atoms with van der Waals surface area (Å²) in [4.78, 5) is 0. The molecule has 3 aromatic rings. The molecule has 0 saturated carbocycles. The molecule has 3 nitrogen and oxygen atoms in total. The lowest BCUT2D eigenvalue weighted by Crippen LogP contribution is -2.20. The van der Waals surface area contributed by atoms with Crippen LogP contribution in [0.3, 0.4) is 0 Å². The number of hydrogen-bond donors (Lipinski definition) is 1. The van der Waals surface area contributed by atoms with Crippen molar-refractivity contribution in [2.24, 2.45) is 7.05 Å². The number of nitrogens with one attached hydrogen (secondary N) is 1. The summed E-state index contributed by atoms with van der Waals surface area (Å²) >= 11 is 3.51. The Bertz CT molecular complexity index is 748. The second-order valence-electron chi connectivity index (χ2n) is 4.85. The number of halogens is 1. The predicted molar refractivity (Wildman–Crippen MR) is 85.8 cm³/mol. The van der Waals surface area contributed by atoms with E-state index in [0.717, 1.165) is 10.2 Å². The zero-order chi connectivity index (χ0) is 14.1. The molecule has 0 fully saturated rings. The van der Waals surface area contributed by atoms with Crippen LogP contribution in [0.15, 0.2) is 53.1 Å². The summed E-state index contributed by atoms with van der Waals surface area (Å²) in [5, 5.41) is 10.1. The van der Waals surface area contributed by atoms with Gasteiger partial charge in [0.15, 0.2) is 0 Å². The molecule has 4 heteroatoms. The number of rotatable bonds is 3. The average molecular weight is 330 g/mol. The van der Waals surface area contributed by atoms with Gasteiger partial charge in [0, 0.05) is 17.7 Å². The van der Waals surface area contributed by atoms with E-state index in [1.807, 2.05) is 31.0 Å². The monoisotopic (exact) mass is 329 g/mol. The molecule has 20 heavy (non-hydrogen) atoms. The number of aromatic nitrogens is 2. The van der Waals surface area contributed by atoms with E-state index >= 15 is 0 Å². The summed E-state index contributed by atoms with van der Waals surface area (Å²) in [5.74, 6) is 0. The average Bonchev–Trinajstić information content (AvgIpc) is 2.86. The van der Waals surface area contributed by atoms with Gasteiger partial charge in [0.25, 0.3) is 0 Å². The smallest absolute Gasteiger partial charge is 0.0745 e. The summed E-state index contributed by atoms with van der Waals surface area (Å²) in [6.07, 6.45) is 1.83. The van der Waals surface area contributed by atoms with Gasteiger partial charge in [0.05, 0.1) is 11.7 Å². The van der Waals surface area contributed by atoms with E-state index < -0.39 is 0 Å². The molecule has 0 aliphatic heterocycles. The molecule has 1 N–H and O–H groups in total. The molecule has 0 aliphatic rings. The lowest BCUT2D eigenvalue weighted by Gasteiger charge is -2.17. The van der Waals surface area contributed by atoms with Gasteiger partial charge in [-0.3, -0.25) is 4.68 Å². The normalized spacial score (nSPS) is 12.8. The highest BCUT2D eigenvalue weighted by Gasteiger charge is 2.15. The Morgan fingerprint density at radius 3 is 2.55 bits per heavy atom. The SMILES string of the molecule is CNC(c1ccc2cc(Br)ccc2c1)c1ccnn1C. The third-order valence-corrected chi connectivity index (χ3v) is 4.10. The molecule has 2 aromatic carbocycles. The molecule has 1 aromatic heterocycles. The van der Waals surface area contributed by atoms with E-state index in [-0.39, 0.29) is 6.04 Å². The summed E-state index contributed by atoms with van der Waals surface area (Å²) in [7, 11) is 3.95. The Hall–Kier alpha value is -1.65. The van der Waals surface area contributed by atoms with Crippen LogP contribution in [0.5, 0.6) is 0 Å². The molecule has 3 rings (SSSR count). The molecule has 0 bridgehead atoms. The molecule has 0 amide bonds. The van der Waals surface area contributed by atoms with Crippen molar-refractivity contribution in [3.63, 3.8) is 0 Å². The molecule has 0 aliphatic carbocycles. The Kier molecular flexibility index (Phi) is 3.59. The van der Waals surface area contributed by atoms with Crippen LogP contribution in [0, 0.1) is 0 Å². The van der Waals surface area contributed by atoms with E-state index in [1.54, 1.807) is 0 Å². The maximum atomic E-state index is 4.26. The first-order chi connectivity index (χ1) is 9.69. The number of fused-ring (bicyclic) bond motifs is 1. The largest absolute Gasteiger partial charge is 0.308 e. The van der Waals surface area contributed by atoms with E-state index in [0.29, 0.717) is 0 Å². The molecule has 1 unspecified atom stereocenters. The third-order valence-electron chi connectivity index (χ3n) is 3.60. The summed E-state index contributed by atoms with van der Waals surface area (Å²) in [6, 6.07) is 15.1. The van der Waals surface area contributed by atoms with Gasteiger partial charge in [-0.25, -0.2) is 0 Å². The first-order valence-corrected chi connectivity index (χ1v) is 7.33. The minimum atomic E-state index is 0.149. The topological polar surface area (TPSA) is 29.9 Å². The molecule has 102 valence electrons. The van der Waals surface area contributed by atoms with Crippen LogP contribution in [0.4, 0.5) is 0 Å². The van der Waals surface area contributed by atoms with Gasteiger partial charge in [-0.15, -0.1) is 0 Å². The summed E-state index contributed by atoms with van der Waals surface area (Å²) in [6.45, 7) is 0. The van der Waals surface area contributed by atoms with Crippen molar-refractivity contribution in [3.8, 4) is 0 Å². The van der Waals surface area contributed by atoms with E-state index in [9.17, 15) is 0 Å². The fourth-order valence-electron chi connectivity index (χ4n) is 2.57. The molecular formula is C16H16BrN3. The second-order valence-corrected chi connectivity index (χ2v) is 5.77. The van der Waals surface area contributed by atoms with Gasteiger partial charge >= 0.3 is 0 Å². The van der Waals surface area contributed by atoms with Crippen molar-refractivity contribution < 1.29 is 0 Å². The van der Waals surface area contributed by atoms with Crippen molar-refractivity contribution in [2.45, 2.75) is 6.04 Å². The number of benzene rings is 2. The van der Waals surface area contributed by atoms with Gasteiger partial charge in [0.2, 0.25) is 0 Å². The molecule has 0 radical (unpaired) electrons. The minimum absolute atomic E-state index is 0.149. The first kappa shape index (κ1) is 13.3. The van der Waals surface area contributed by atoms with E-state index in [1.165, 1.54) is 16.3 Å². The fourth-order valence-corrected chi connectivity index (χ4v) is 2.95. The first-order valence-electron chi connectivity index (χ1n) is 6.53. The zero-order valence-corrected chi connectivity index (χ0v) is 13.1. The molecule has 1 heterocycles. The molecule has 1 atom stereocenters. The highest BCUT2D eigenvalue weighted by atomic mass is 79.9. The summed E-state index contributed by atoms with van der Waals surface area (Å²) in [5.41, 5.74) is 2.40.